The second-order valence-corrected chi connectivity index (χ2v) is 8.23. The van der Waals surface area contributed by atoms with Crippen molar-refractivity contribution in [2.45, 2.75) is 46.1 Å². The standard InChI is InChI=1S/C14H24N2S2/c1-6-11-10(2)18-12(16-11)14(15-5)7-13(3,4)8-17-9-14/h15H,6-9H2,1-5H3. The van der Waals surface area contributed by atoms with E-state index >= 15 is 0 Å². The van der Waals surface area contributed by atoms with Gasteiger partial charge in [-0.25, -0.2) is 4.98 Å². The lowest BCUT2D eigenvalue weighted by Crippen LogP contribution is -2.49. The first-order chi connectivity index (χ1) is 8.42. The predicted octanol–water partition coefficient (Wildman–Crippen LogP) is 3.59. The van der Waals surface area contributed by atoms with Crippen LogP contribution in [0.5, 0.6) is 0 Å². The van der Waals surface area contributed by atoms with E-state index < -0.39 is 0 Å². The average molecular weight is 284 g/mol. The van der Waals surface area contributed by atoms with Crippen molar-refractivity contribution in [3.05, 3.63) is 15.6 Å². The molecule has 1 aliphatic heterocycles. The van der Waals surface area contributed by atoms with Gasteiger partial charge < -0.3 is 5.32 Å². The van der Waals surface area contributed by atoms with Gasteiger partial charge in [-0.05, 0) is 38.0 Å². The molecule has 0 saturated carbocycles. The van der Waals surface area contributed by atoms with Crippen LogP contribution in [0, 0.1) is 12.3 Å². The highest BCUT2D eigenvalue weighted by atomic mass is 32.2. The Bertz CT molecular complexity index is 425. The van der Waals surface area contributed by atoms with E-state index in [1.807, 2.05) is 11.3 Å². The first-order valence-corrected chi connectivity index (χ1v) is 8.63. The molecule has 1 atom stereocenters. The fraction of sp³-hybridized carbons (Fsp3) is 0.786. The molecule has 0 amide bonds. The Morgan fingerprint density at radius 2 is 2.06 bits per heavy atom. The normalized spacial score (nSPS) is 27.4. The molecule has 4 heteroatoms. The molecular weight excluding hydrogens is 260 g/mol. The molecule has 18 heavy (non-hydrogen) atoms. The molecule has 1 saturated heterocycles. The number of hydrogen-bond donors (Lipinski definition) is 1. The van der Waals surface area contributed by atoms with Gasteiger partial charge in [-0.2, -0.15) is 11.8 Å². The molecule has 1 aromatic heterocycles. The molecule has 0 bridgehead atoms. The second-order valence-electron chi connectivity index (χ2n) is 6.04. The molecule has 0 radical (unpaired) electrons. The Kier molecular flexibility index (Phi) is 4.10. The molecule has 1 unspecified atom stereocenters. The minimum Gasteiger partial charge on any atom is -0.308 e. The van der Waals surface area contributed by atoms with E-state index in [0.29, 0.717) is 5.41 Å². The van der Waals surface area contributed by atoms with Gasteiger partial charge in [-0.3, -0.25) is 0 Å². The highest BCUT2D eigenvalue weighted by molar-refractivity contribution is 7.99. The summed E-state index contributed by atoms with van der Waals surface area (Å²) in [6.07, 6.45) is 2.22. The summed E-state index contributed by atoms with van der Waals surface area (Å²) in [5, 5.41) is 4.87. The molecule has 0 aliphatic carbocycles. The van der Waals surface area contributed by atoms with Crippen LogP contribution in [-0.4, -0.2) is 23.5 Å². The molecule has 102 valence electrons. The lowest BCUT2D eigenvalue weighted by molar-refractivity contribution is 0.235. The van der Waals surface area contributed by atoms with Gasteiger partial charge in [-0.1, -0.05) is 20.8 Å². The molecule has 2 heterocycles. The third-order valence-corrected chi connectivity index (χ3v) is 6.64. The molecule has 1 N–H and O–H groups in total. The summed E-state index contributed by atoms with van der Waals surface area (Å²) in [4.78, 5) is 6.29. The number of nitrogens with one attached hydrogen (secondary N) is 1. The fourth-order valence-corrected chi connectivity index (χ4v) is 5.56. The van der Waals surface area contributed by atoms with E-state index in [2.05, 4.69) is 51.8 Å². The number of thiazole rings is 1. The summed E-state index contributed by atoms with van der Waals surface area (Å²) in [6.45, 7) is 9.13. The van der Waals surface area contributed by atoms with Crippen LogP contribution in [0.25, 0.3) is 0 Å². The Hall–Kier alpha value is -0.0600. The van der Waals surface area contributed by atoms with E-state index in [4.69, 9.17) is 4.98 Å². The maximum Gasteiger partial charge on any atom is 0.114 e. The van der Waals surface area contributed by atoms with E-state index in [9.17, 15) is 0 Å². The lowest BCUT2D eigenvalue weighted by atomic mass is 9.80. The molecular formula is C14H24N2S2. The summed E-state index contributed by atoms with van der Waals surface area (Å²) in [5.41, 5.74) is 1.74. The van der Waals surface area contributed by atoms with Gasteiger partial charge in [0, 0.05) is 10.6 Å². The van der Waals surface area contributed by atoms with Crippen LogP contribution in [0.1, 0.15) is 42.8 Å². The van der Waals surface area contributed by atoms with Gasteiger partial charge in [0.05, 0.1) is 11.2 Å². The number of hydrogen-bond acceptors (Lipinski definition) is 4. The van der Waals surface area contributed by atoms with Crippen LogP contribution in [0.15, 0.2) is 0 Å². The van der Waals surface area contributed by atoms with Gasteiger partial charge >= 0.3 is 0 Å². The maximum atomic E-state index is 4.90. The van der Waals surface area contributed by atoms with Crippen molar-refractivity contribution in [3.8, 4) is 0 Å². The smallest absolute Gasteiger partial charge is 0.114 e. The Morgan fingerprint density at radius 1 is 1.33 bits per heavy atom. The summed E-state index contributed by atoms with van der Waals surface area (Å²) in [7, 11) is 2.09. The Morgan fingerprint density at radius 3 is 2.56 bits per heavy atom. The zero-order chi connectivity index (χ0) is 13.4. The summed E-state index contributed by atoms with van der Waals surface area (Å²) >= 11 is 3.94. The van der Waals surface area contributed by atoms with Crippen molar-refractivity contribution in [1.29, 1.82) is 0 Å². The maximum absolute atomic E-state index is 4.90. The van der Waals surface area contributed by atoms with Crippen LogP contribution in [0.4, 0.5) is 0 Å². The molecule has 0 aromatic carbocycles. The minimum absolute atomic E-state index is 0.0786. The largest absolute Gasteiger partial charge is 0.308 e. The Balaban J connectivity index is 2.36. The monoisotopic (exact) mass is 284 g/mol. The summed E-state index contributed by atoms with van der Waals surface area (Å²) in [5.74, 6) is 2.39. The highest BCUT2D eigenvalue weighted by Gasteiger charge is 2.43. The van der Waals surface area contributed by atoms with Crippen molar-refractivity contribution in [2.24, 2.45) is 5.41 Å². The van der Waals surface area contributed by atoms with Crippen molar-refractivity contribution >= 4 is 23.1 Å². The summed E-state index contributed by atoms with van der Waals surface area (Å²) in [6, 6.07) is 0. The van der Waals surface area contributed by atoms with E-state index in [0.717, 1.165) is 12.2 Å². The second kappa shape index (κ2) is 5.14. The molecule has 1 aliphatic rings. The number of aromatic nitrogens is 1. The van der Waals surface area contributed by atoms with Gasteiger partial charge in [0.25, 0.3) is 0 Å². The van der Waals surface area contributed by atoms with E-state index in [-0.39, 0.29) is 5.54 Å². The van der Waals surface area contributed by atoms with E-state index in [1.165, 1.54) is 27.8 Å². The fourth-order valence-electron chi connectivity index (χ4n) is 2.79. The molecule has 2 nitrogen and oxygen atoms in total. The first-order valence-electron chi connectivity index (χ1n) is 6.66. The van der Waals surface area contributed by atoms with Crippen molar-refractivity contribution in [3.63, 3.8) is 0 Å². The molecule has 0 spiro atoms. The van der Waals surface area contributed by atoms with Crippen LogP contribution in [-0.2, 0) is 12.0 Å². The zero-order valence-electron chi connectivity index (χ0n) is 12.1. The van der Waals surface area contributed by atoms with Gasteiger partial charge in [0.15, 0.2) is 0 Å². The van der Waals surface area contributed by atoms with Crippen LogP contribution in [0.3, 0.4) is 0 Å². The number of aryl methyl sites for hydroxylation is 2. The number of thioether (sulfide) groups is 1. The first kappa shape index (κ1) is 14.4. The average Bonchev–Trinajstić information content (AvgIpc) is 2.69. The lowest BCUT2D eigenvalue weighted by Gasteiger charge is -2.43. The third kappa shape index (κ3) is 2.61. The van der Waals surface area contributed by atoms with Crippen molar-refractivity contribution in [1.82, 2.24) is 10.3 Å². The van der Waals surface area contributed by atoms with Crippen molar-refractivity contribution in [2.75, 3.05) is 18.6 Å². The molecule has 1 fully saturated rings. The van der Waals surface area contributed by atoms with Gasteiger partial charge in [-0.15, -0.1) is 11.3 Å². The summed E-state index contributed by atoms with van der Waals surface area (Å²) < 4.78 is 0. The van der Waals surface area contributed by atoms with Gasteiger partial charge in [0.2, 0.25) is 0 Å². The van der Waals surface area contributed by atoms with Crippen LogP contribution >= 0.6 is 23.1 Å². The topological polar surface area (TPSA) is 24.9 Å². The Labute approximate surface area is 119 Å². The van der Waals surface area contributed by atoms with Crippen molar-refractivity contribution < 1.29 is 0 Å². The predicted molar refractivity (Wildman–Crippen MR) is 82.7 cm³/mol. The minimum atomic E-state index is 0.0786. The highest BCUT2D eigenvalue weighted by Crippen LogP contribution is 2.45. The molecule has 2 rings (SSSR count). The van der Waals surface area contributed by atoms with Gasteiger partial charge in [0.1, 0.15) is 5.01 Å². The molecule has 1 aromatic rings. The number of rotatable bonds is 3. The SMILES string of the molecule is CCc1nc(C2(NC)CSCC(C)(C)C2)sc1C. The quantitative estimate of drug-likeness (QED) is 0.918. The third-order valence-electron chi connectivity index (χ3n) is 3.74. The zero-order valence-corrected chi connectivity index (χ0v) is 13.7. The number of nitrogens with zero attached hydrogens (tertiary/aromatic N) is 1. The van der Waals surface area contributed by atoms with Crippen LogP contribution < -0.4 is 5.32 Å². The van der Waals surface area contributed by atoms with Crippen LogP contribution in [0.2, 0.25) is 0 Å². The van der Waals surface area contributed by atoms with E-state index in [1.54, 1.807) is 0 Å².